The lowest BCUT2D eigenvalue weighted by molar-refractivity contribution is -0.117. The number of hydrogen-bond acceptors (Lipinski definition) is 6. The number of carbonyl (C=O) groups excluding carboxylic acids is 2. The molecular formula is C12H15ClN4O3. The minimum atomic E-state index is -0.830. The molecule has 0 saturated heterocycles. The van der Waals surface area contributed by atoms with Crippen molar-refractivity contribution in [3.63, 3.8) is 0 Å². The molecule has 0 radical (unpaired) electrons. The van der Waals surface area contributed by atoms with Gasteiger partial charge in [0.15, 0.2) is 11.5 Å². The van der Waals surface area contributed by atoms with E-state index in [0.29, 0.717) is 0 Å². The van der Waals surface area contributed by atoms with Gasteiger partial charge in [0.1, 0.15) is 10.9 Å². The van der Waals surface area contributed by atoms with E-state index in [1.165, 1.54) is 13.1 Å². The van der Waals surface area contributed by atoms with Gasteiger partial charge in [0.2, 0.25) is 5.91 Å². The molecule has 1 aromatic rings. The molecule has 0 saturated carbocycles. The predicted octanol–water partition coefficient (Wildman–Crippen LogP) is 1.30. The largest absolute Gasteiger partial charge is 0.426 e. The van der Waals surface area contributed by atoms with Gasteiger partial charge in [-0.3, -0.25) is 4.79 Å². The molecule has 0 unspecified atom stereocenters. The van der Waals surface area contributed by atoms with Crippen molar-refractivity contribution in [1.82, 2.24) is 15.3 Å². The van der Waals surface area contributed by atoms with Crippen LogP contribution in [0.4, 0.5) is 5.82 Å². The molecule has 20 heavy (non-hydrogen) atoms. The third-order valence-electron chi connectivity index (χ3n) is 1.98. The van der Waals surface area contributed by atoms with Crippen molar-refractivity contribution in [3.8, 4) is 0 Å². The molecule has 7 nitrogen and oxygen atoms in total. The molecule has 0 bridgehead atoms. The summed E-state index contributed by atoms with van der Waals surface area (Å²) in [6.45, 7) is 5.09. The smallest absolute Gasteiger partial charge is 0.365 e. The summed E-state index contributed by atoms with van der Waals surface area (Å²) < 4.78 is 4.94. The highest BCUT2D eigenvalue weighted by atomic mass is 35.5. The van der Waals surface area contributed by atoms with Crippen LogP contribution in [-0.4, -0.2) is 27.9 Å². The van der Waals surface area contributed by atoms with Gasteiger partial charge in [0, 0.05) is 12.1 Å². The molecule has 108 valence electrons. The zero-order valence-corrected chi connectivity index (χ0v) is 12.1. The SMILES string of the molecule is C/C(=C\C(=O)NC(C)C)OC(=O)c1nc(Cl)cnc1N. The molecule has 1 amide bonds. The Bertz CT molecular complexity index is 558. The van der Waals surface area contributed by atoms with E-state index in [2.05, 4.69) is 15.3 Å². The van der Waals surface area contributed by atoms with Crippen molar-refractivity contribution in [2.75, 3.05) is 5.73 Å². The van der Waals surface area contributed by atoms with Gasteiger partial charge in [0.25, 0.3) is 0 Å². The molecule has 0 spiro atoms. The Morgan fingerprint density at radius 3 is 2.75 bits per heavy atom. The van der Waals surface area contributed by atoms with Crippen LogP contribution in [0.5, 0.6) is 0 Å². The molecule has 0 fully saturated rings. The molecular weight excluding hydrogens is 284 g/mol. The van der Waals surface area contributed by atoms with Crippen LogP contribution in [0, 0.1) is 0 Å². The number of halogens is 1. The van der Waals surface area contributed by atoms with Crippen LogP contribution in [0.2, 0.25) is 5.15 Å². The van der Waals surface area contributed by atoms with Crippen LogP contribution in [0.25, 0.3) is 0 Å². The first-order chi connectivity index (χ1) is 9.29. The Kier molecular flexibility index (Phi) is 5.45. The van der Waals surface area contributed by atoms with E-state index in [0.717, 1.165) is 6.08 Å². The normalized spacial score (nSPS) is 11.3. The van der Waals surface area contributed by atoms with E-state index in [1.807, 2.05) is 13.8 Å². The number of amides is 1. The maximum atomic E-state index is 11.8. The fourth-order valence-corrected chi connectivity index (χ4v) is 1.40. The summed E-state index contributed by atoms with van der Waals surface area (Å²) in [5.41, 5.74) is 5.30. The third-order valence-corrected chi connectivity index (χ3v) is 2.17. The minimum absolute atomic E-state index is 0.0170. The van der Waals surface area contributed by atoms with Gasteiger partial charge in [-0.2, -0.15) is 0 Å². The zero-order chi connectivity index (χ0) is 15.3. The number of nitrogens with one attached hydrogen (secondary N) is 1. The summed E-state index contributed by atoms with van der Waals surface area (Å²) in [7, 11) is 0. The van der Waals surface area contributed by atoms with Crippen molar-refractivity contribution >= 4 is 29.3 Å². The first-order valence-corrected chi connectivity index (χ1v) is 6.16. The molecule has 8 heteroatoms. The van der Waals surface area contributed by atoms with Gasteiger partial charge in [0.05, 0.1) is 6.20 Å². The van der Waals surface area contributed by atoms with E-state index in [9.17, 15) is 9.59 Å². The summed E-state index contributed by atoms with van der Waals surface area (Å²) >= 11 is 5.62. The Hall–Kier alpha value is -2.15. The highest BCUT2D eigenvalue weighted by Gasteiger charge is 2.16. The average Bonchev–Trinajstić information content (AvgIpc) is 2.30. The van der Waals surface area contributed by atoms with Gasteiger partial charge in [-0.05, 0) is 20.8 Å². The number of carbonyl (C=O) groups is 2. The van der Waals surface area contributed by atoms with Gasteiger partial charge in [-0.1, -0.05) is 11.6 Å². The monoisotopic (exact) mass is 298 g/mol. The third kappa shape index (κ3) is 4.85. The Morgan fingerprint density at radius 1 is 1.50 bits per heavy atom. The van der Waals surface area contributed by atoms with Crippen LogP contribution >= 0.6 is 11.6 Å². The lowest BCUT2D eigenvalue weighted by Crippen LogP contribution is -2.28. The quantitative estimate of drug-likeness (QED) is 0.493. The second-order valence-electron chi connectivity index (χ2n) is 4.23. The number of anilines is 1. The van der Waals surface area contributed by atoms with E-state index < -0.39 is 5.97 Å². The van der Waals surface area contributed by atoms with Crippen LogP contribution < -0.4 is 11.1 Å². The summed E-state index contributed by atoms with van der Waals surface area (Å²) in [5, 5.41) is 2.65. The standard InChI is InChI=1S/C12H15ClN4O3/c1-6(2)16-9(18)4-7(3)20-12(19)10-11(14)15-5-8(13)17-10/h4-6H,1-3H3,(H2,14,15)(H,16,18)/b7-4+. The van der Waals surface area contributed by atoms with Crippen LogP contribution in [0.1, 0.15) is 31.3 Å². The van der Waals surface area contributed by atoms with Crippen LogP contribution in [0.15, 0.2) is 18.0 Å². The number of allylic oxidation sites excluding steroid dienone is 1. The number of rotatable bonds is 4. The number of hydrogen-bond donors (Lipinski definition) is 2. The van der Waals surface area contributed by atoms with Crippen LogP contribution in [-0.2, 0) is 9.53 Å². The molecule has 0 aliphatic carbocycles. The number of aromatic nitrogens is 2. The molecule has 0 aliphatic heterocycles. The molecule has 0 aliphatic rings. The second-order valence-corrected chi connectivity index (χ2v) is 4.62. The molecule has 1 aromatic heterocycles. The Labute approximate surface area is 121 Å². The summed E-state index contributed by atoms with van der Waals surface area (Å²) in [6.07, 6.45) is 2.37. The molecule has 3 N–H and O–H groups in total. The fraction of sp³-hybridized carbons (Fsp3) is 0.333. The van der Waals surface area contributed by atoms with Gasteiger partial charge in [-0.15, -0.1) is 0 Å². The van der Waals surface area contributed by atoms with E-state index in [-0.39, 0.29) is 34.4 Å². The second kappa shape index (κ2) is 6.85. The predicted molar refractivity (Wildman–Crippen MR) is 73.9 cm³/mol. The van der Waals surface area contributed by atoms with Gasteiger partial charge >= 0.3 is 5.97 Å². The highest BCUT2D eigenvalue weighted by Crippen LogP contribution is 2.12. The lowest BCUT2D eigenvalue weighted by atomic mass is 10.3. The molecule has 1 heterocycles. The molecule has 1 rings (SSSR count). The van der Waals surface area contributed by atoms with Gasteiger partial charge < -0.3 is 15.8 Å². The number of nitrogen functional groups attached to an aromatic ring is 1. The zero-order valence-electron chi connectivity index (χ0n) is 11.3. The number of nitrogens with zero attached hydrogens (tertiary/aromatic N) is 2. The summed E-state index contributed by atoms with van der Waals surface area (Å²) in [4.78, 5) is 30.7. The molecule has 0 aromatic carbocycles. The summed E-state index contributed by atoms with van der Waals surface area (Å²) in [5.74, 6) is -1.19. The number of ether oxygens (including phenoxy) is 1. The molecule has 0 atom stereocenters. The topological polar surface area (TPSA) is 107 Å². The van der Waals surface area contributed by atoms with E-state index in [1.54, 1.807) is 0 Å². The van der Waals surface area contributed by atoms with E-state index >= 15 is 0 Å². The number of esters is 1. The van der Waals surface area contributed by atoms with Crippen LogP contribution in [0.3, 0.4) is 0 Å². The maximum absolute atomic E-state index is 11.8. The minimum Gasteiger partial charge on any atom is -0.426 e. The number of nitrogens with two attached hydrogens (primary N) is 1. The van der Waals surface area contributed by atoms with Gasteiger partial charge in [-0.25, -0.2) is 14.8 Å². The van der Waals surface area contributed by atoms with Crippen molar-refractivity contribution < 1.29 is 14.3 Å². The highest BCUT2D eigenvalue weighted by molar-refractivity contribution is 6.29. The Morgan fingerprint density at radius 2 is 2.15 bits per heavy atom. The fourth-order valence-electron chi connectivity index (χ4n) is 1.26. The van der Waals surface area contributed by atoms with Crippen molar-refractivity contribution in [2.45, 2.75) is 26.8 Å². The maximum Gasteiger partial charge on any atom is 0.365 e. The first kappa shape index (κ1) is 15.9. The Balaban J connectivity index is 2.77. The average molecular weight is 299 g/mol. The first-order valence-electron chi connectivity index (χ1n) is 5.78. The van der Waals surface area contributed by atoms with Crippen molar-refractivity contribution in [1.29, 1.82) is 0 Å². The van der Waals surface area contributed by atoms with Crippen molar-refractivity contribution in [2.24, 2.45) is 0 Å². The van der Waals surface area contributed by atoms with Crippen molar-refractivity contribution in [3.05, 3.63) is 28.9 Å². The summed E-state index contributed by atoms with van der Waals surface area (Å²) in [6, 6.07) is -0.0170. The lowest BCUT2D eigenvalue weighted by Gasteiger charge is -2.07. The van der Waals surface area contributed by atoms with E-state index in [4.69, 9.17) is 22.1 Å².